The summed E-state index contributed by atoms with van der Waals surface area (Å²) in [5.74, 6) is 0.212. The number of ether oxygens (including phenoxy) is 1. The summed E-state index contributed by atoms with van der Waals surface area (Å²) in [5, 5.41) is 0.466. The van der Waals surface area contributed by atoms with E-state index in [1.165, 1.54) is 48.6 Å². The first kappa shape index (κ1) is 23.1. The number of methoxy groups -OCH3 is 1. The van der Waals surface area contributed by atoms with E-state index in [1.807, 2.05) is 0 Å². The second-order valence-electron chi connectivity index (χ2n) is 6.56. The Morgan fingerprint density at radius 2 is 1.87 bits per heavy atom. The van der Waals surface area contributed by atoms with Gasteiger partial charge in [-0.15, -0.1) is 0 Å². The number of sulfonamides is 1. The highest BCUT2D eigenvalue weighted by atomic mass is 35.5. The molecule has 3 aromatic rings. The summed E-state index contributed by atoms with van der Waals surface area (Å²) in [6.45, 7) is 0.815. The molecule has 0 saturated heterocycles. The van der Waals surface area contributed by atoms with E-state index in [4.69, 9.17) is 32.4 Å². The molecular formula is C21H20Cl2N2O5S. The Morgan fingerprint density at radius 3 is 2.52 bits per heavy atom. The molecular weight excluding hydrogens is 463 g/mol. The summed E-state index contributed by atoms with van der Waals surface area (Å²) in [4.78, 5) is 14.4. The van der Waals surface area contributed by atoms with Gasteiger partial charge in [-0.2, -0.15) is 0 Å². The lowest BCUT2D eigenvalue weighted by molar-refractivity contribution is 0.0666. The van der Waals surface area contributed by atoms with Crippen LogP contribution in [0.15, 0.2) is 70.2 Å². The SMILES string of the molecule is COCCN(Cc1ccco1)C(=O)c1ccc(Cl)c(S(=O)(=O)Nc2ccc(Cl)cc2)c1. The molecule has 0 spiro atoms. The average molecular weight is 483 g/mol. The molecule has 0 bridgehead atoms. The molecule has 0 aliphatic heterocycles. The molecule has 1 amide bonds. The van der Waals surface area contributed by atoms with Crippen LogP contribution in [0.25, 0.3) is 0 Å². The summed E-state index contributed by atoms with van der Waals surface area (Å²) in [6, 6.07) is 13.8. The zero-order chi connectivity index (χ0) is 22.4. The molecule has 1 N–H and O–H groups in total. The molecule has 0 aliphatic carbocycles. The molecule has 0 aliphatic rings. The van der Waals surface area contributed by atoms with Crippen molar-refractivity contribution < 1.29 is 22.4 Å². The minimum Gasteiger partial charge on any atom is -0.467 e. The van der Waals surface area contributed by atoms with E-state index in [0.717, 1.165) is 0 Å². The summed E-state index contributed by atoms with van der Waals surface area (Å²) in [5.41, 5.74) is 0.486. The molecule has 10 heteroatoms. The number of furan rings is 1. The molecule has 1 heterocycles. The molecule has 0 saturated carbocycles. The maximum absolute atomic E-state index is 13.1. The second-order valence-corrected chi connectivity index (χ2v) is 9.05. The molecule has 7 nitrogen and oxygen atoms in total. The lowest BCUT2D eigenvalue weighted by Crippen LogP contribution is -2.33. The largest absolute Gasteiger partial charge is 0.467 e. The summed E-state index contributed by atoms with van der Waals surface area (Å²) in [6.07, 6.45) is 1.52. The van der Waals surface area contributed by atoms with Gasteiger partial charge in [0.1, 0.15) is 10.7 Å². The number of hydrogen-bond donors (Lipinski definition) is 1. The van der Waals surface area contributed by atoms with Gasteiger partial charge in [-0.05, 0) is 54.6 Å². The third-order valence-electron chi connectivity index (χ3n) is 4.34. The van der Waals surface area contributed by atoms with Crippen molar-refractivity contribution in [1.29, 1.82) is 0 Å². The first-order valence-electron chi connectivity index (χ1n) is 9.18. The molecule has 2 aromatic carbocycles. The quantitative estimate of drug-likeness (QED) is 0.478. The fourth-order valence-electron chi connectivity index (χ4n) is 2.80. The number of nitrogens with zero attached hydrogens (tertiary/aromatic N) is 1. The summed E-state index contributed by atoms with van der Waals surface area (Å²) >= 11 is 12.0. The van der Waals surface area contributed by atoms with Gasteiger partial charge in [-0.1, -0.05) is 23.2 Å². The predicted molar refractivity (Wildman–Crippen MR) is 119 cm³/mol. The maximum atomic E-state index is 13.1. The monoisotopic (exact) mass is 482 g/mol. The molecule has 0 atom stereocenters. The van der Waals surface area contributed by atoms with Crippen molar-refractivity contribution >= 4 is 44.8 Å². The van der Waals surface area contributed by atoms with Gasteiger partial charge < -0.3 is 14.1 Å². The van der Waals surface area contributed by atoms with Gasteiger partial charge in [-0.25, -0.2) is 8.42 Å². The van der Waals surface area contributed by atoms with Gasteiger partial charge in [0.2, 0.25) is 0 Å². The summed E-state index contributed by atoms with van der Waals surface area (Å²) < 4.78 is 38.6. The van der Waals surface area contributed by atoms with Crippen LogP contribution in [-0.4, -0.2) is 39.5 Å². The topological polar surface area (TPSA) is 88.8 Å². The number of anilines is 1. The van der Waals surface area contributed by atoms with Crippen molar-refractivity contribution in [2.75, 3.05) is 25.0 Å². The first-order chi connectivity index (χ1) is 14.8. The number of halogens is 2. The molecule has 3 rings (SSSR count). The Hall–Kier alpha value is -2.52. The van der Waals surface area contributed by atoms with Crippen LogP contribution in [0.1, 0.15) is 16.1 Å². The normalized spacial score (nSPS) is 11.3. The van der Waals surface area contributed by atoms with Gasteiger partial charge in [0, 0.05) is 29.9 Å². The van der Waals surface area contributed by atoms with Crippen molar-refractivity contribution in [3.63, 3.8) is 0 Å². The third kappa shape index (κ3) is 6.01. The van der Waals surface area contributed by atoms with E-state index in [-0.39, 0.29) is 27.9 Å². The Morgan fingerprint density at radius 1 is 1.13 bits per heavy atom. The Balaban J connectivity index is 1.88. The number of carbonyl (C=O) groups is 1. The van der Waals surface area contributed by atoms with Crippen LogP contribution in [0, 0.1) is 0 Å². The zero-order valence-electron chi connectivity index (χ0n) is 16.5. The van der Waals surface area contributed by atoms with Crippen LogP contribution in [0.4, 0.5) is 5.69 Å². The van der Waals surface area contributed by atoms with Gasteiger partial charge in [-0.3, -0.25) is 9.52 Å². The van der Waals surface area contributed by atoms with E-state index in [1.54, 1.807) is 24.3 Å². The number of hydrogen-bond acceptors (Lipinski definition) is 5. The van der Waals surface area contributed by atoms with E-state index in [2.05, 4.69) is 4.72 Å². The zero-order valence-corrected chi connectivity index (χ0v) is 18.9. The fourth-order valence-corrected chi connectivity index (χ4v) is 4.51. The van der Waals surface area contributed by atoms with Crippen LogP contribution in [0.2, 0.25) is 10.0 Å². The Labute approximate surface area is 190 Å². The Bertz CT molecular complexity index is 1130. The fraction of sp³-hybridized carbons (Fsp3) is 0.190. The number of carbonyl (C=O) groups excluding carboxylic acids is 1. The number of nitrogens with one attached hydrogen (secondary N) is 1. The van der Waals surface area contributed by atoms with Gasteiger partial charge in [0.15, 0.2) is 0 Å². The highest BCUT2D eigenvalue weighted by molar-refractivity contribution is 7.92. The van der Waals surface area contributed by atoms with E-state index < -0.39 is 10.0 Å². The average Bonchev–Trinajstić information content (AvgIpc) is 3.25. The lowest BCUT2D eigenvalue weighted by atomic mass is 10.2. The predicted octanol–water partition coefficient (Wildman–Crippen LogP) is 4.68. The second kappa shape index (κ2) is 10.2. The Kier molecular flexibility index (Phi) is 7.61. The highest BCUT2D eigenvalue weighted by Gasteiger charge is 2.23. The molecule has 0 radical (unpaired) electrons. The van der Waals surface area contributed by atoms with Crippen LogP contribution < -0.4 is 4.72 Å². The van der Waals surface area contributed by atoms with Crippen molar-refractivity contribution in [2.45, 2.75) is 11.4 Å². The molecule has 31 heavy (non-hydrogen) atoms. The first-order valence-corrected chi connectivity index (χ1v) is 11.4. The molecule has 1 aromatic heterocycles. The van der Waals surface area contributed by atoms with Crippen molar-refractivity contribution in [3.8, 4) is 0 Å². The number of amides is 1. The van der Waals surface area contributed by atoms with Crippen LogP contribution in [-0.2, 0) is 21.3 Å². The molecule has 0 fully saturated rings. The standard InChI is InChI=1S/C21H20Cl2N2O5S/c1-29-12-10-25(14-18-3-2-11-30-18)21(26)15-4-9-19(23)20(13-15)31(27,28)24-17-7-5-16(22)6-8-17/h2-9,11,13,24H,10,12,14H2,1H3. The van der Waals surface area contributed by atoms with Crippen LogP contribution in [0.3, 0.4) is 0 Å². The minimum absolute atomic E-state index is 0.00695. The van der Waals surface area contributed by atoms with Gasteiger partial charge in [0.25, 0.3) is 15.9 Å². The van der Waals surface area contributed by atoms with Gasteiger partial charge in [0.05, 0.1) is 24.4 Å². The molecule has 0 unspecified atom stereocenters. The van der Waals surface area contributed by atoms with E-state index in [9.17, 15) is 13.2 Å². The minimum atomic E-state index is -4.04. The van der Waals surface area contributed by atoms with Crippen molar-refractivity contribution in [2.24, 2.45) is 0 Å². The molecule has 164 valence electrons. The number of benzene rings is 2. The summed E-state index contributed by atoms with van der Waals surface area (Å²) in [7, 11) is -2.51. The third-order valence-corrected chi connectivity index (χ3v) is 6.46. The smallest absolute Gasteiger partial charge is 0.263 e. The van der Waals surface area contributed by atoms with Crippen molar-refractivity contribution in [3.05, 3.63) is 82.2 Å². The highest BCUT2D eigenvalue weighted by Crippen LogP contribution is 2.26. The van der Waals surface area contributed by atoms with Crippen LogP contribution in [0.5, 0.6) is 0 Å². The number of rotatable bonds is 9. The van der Waals surface area contributed by atoms with Crippen LogP contribution >= 0.6 is 23.2 Å². The maximum Gasteiger partial charge on any atom is 0.263 e. The van der Waals surface area contributed by atoms with E-state index >= 15 is 0 Å². The van der Waals surface area contributed by atoms with E-state index in [0.29, 0.717) is 29.6 Å². The van der Waals surface area contributed by atoms with Crippen molar-refractivity contribution in [1.82, 2.24) is 4.90 Å². The van der Waals surface area contributed by atoms with Gasteiger partial charge >= 0.3 is 0 Å². The lowest BCUT2D eigenvalue weighted by Gasteiger charge is -2.22.